The highest BCUT2D eigenvalue weighted by atomic mass is 32.3. The molecule has 2 aliphatic rings. The maximum absolute atomic E-state index is 11.1. The van der Waals surface area contributed by atoms with Crippen LogP contribution in [0.15, 0.2) is 11.8 Å². The third-order valence-electron chi connectivity index (χ3n) is 2.35. The number of ether oxygens (including phenoxy) is 3. The fourth-order valence-electron chi connectivity index (χ4n) is 1.73. The topological polar surface area (TPSA) is 108 Å². The number of hydrogen-bond donors (Lipinski definition) is 1. The molecule has 0 aliphatic carbocycles. The van der Waals surface area contributed by atoms with Gasteiger partial charge in [0.05, 0.1) is 12.7 Å². The molecule has 2 heterocycles. The van der Waals surface area contributed by atoms with Gasteiger partial charge in [-0.3, -0.25) is 4.55 Å². The van der Waals surface area contributed by atoms with E-state index < -0.39 is 34.4 Å². The molecule has 0 saturated carbocycles. The molecular weight excluding hydrogens is 268 g/mol. The Morgan fingerprint density at radius 3 is 2.67 bits per heavy atom. The molecule has 2 rings (SSSR count). The normalized spacial score (nSPS) is 31.1. The fraction of sp³-hybridized carbons (Fsp3) is 0.667. The molecule has 0 unspecified atom stereocenters. The maximum Gasteiger partial charge on any atom is 0.446 e. The van der Waals surface area contributed by atoms with Crippen molar-refractivity contribution in [1.82, 2.24) is 0 Å². The van der Waals surface area contributed by atoms with Crippen LogP contribution in [0.25, 0.3) is 0 Å². The van der Waals surface area contributed by atoms with Gasteiger partial charge in [0.15, 0.2) is 17.7 Å². The van der Waals surface area contributed by atoms with E-state index in [4.69, 9.17) is 18.8 Å². The second-order valence-corrected chi connectivity index (χ2v) is 5.30. The second-order valence-electron chi connectivity index (χ2n) is 4.28. The van der Waals surface area contributed by atoms with Crippen molar-refractivity contribution in [3.05, 3.63) is 11.8 Å². The first-order valence-electron chi connectivity index (χ1n) is 5.07. The predicted octanol–water partition coefficient (Wildman–Crippen LogP) is -0.233. The Bertz CT molecular complexity index is 491. The largest absolute Gasteiger partial charge is 0.448 e. The monoisotopic (exact) mass is 280 g/mol. The number of carbonyl (C=O) groups is 1. The molecule has 0 bridgehead atoms. The fourth-order valence-corrected chi connectivity index (χ4v) is 2.12. The van der Waals surface area contributed by atoms with Crippen molar-refractivity contribution < 1.29 is 36.2 Å². The minimum atomic E-state index is -4.72. The molecular formula is C9H12O8S. The Morgan fingerprint density at radius 2 is 2.17 bits per heavy atom. The highest BCUT2D eigenvalue weighted by molar-refractivity contribution is 7.81. The molecule has 0 radical (unpaired) electrons. The van der Waals surface area contributed by atoms with Crippen LogP contribution in [0.2, 0.25) is 0 Å². The Hall–Kier alpha value is -1.16. The number of rotatable bonds is 3. The lowest BCUT2D eigenvalue weighted by Gasteiger charge is -2.21. The number of cyclic esters (lactones) is 1. The van der Waals surface area contributed by atoms with E-state index in [2.05, 4.69) is 4.18 Å². The Balaban J connectivity index is 2.14. The summed E-state index contributed by atoms with van der Waals surface area (Å²) in [6.07, 6.45) is -0.909. The van der Waals surface area contributed by atoms with Gasteiger partial charge in [0.25, 0.3) is 0 Å². The minimum Gasteiger partial charge on any atom is -0.448 e. The summed E-state index contributed by atoms with van der Waals surface area (Å²) in [4.78, 5) is 11.1. The van der Waals surface area contributed by atoms with E-state index in [1.54, 1.807) is 13.8 Å². The maximum atomic E-state index is 11.1. The van der Waals surface area contributed by atoms with E-state index in [0.717, 1.165) is 6.08 Å². The van der Waals surface area contributed by atoms with Crippen molar-refractivity contribution >= 4 is 16.4 Å². The molecule has 2 atom stereocenters. The summed E-state index contributed by atoms with van der Waals surface area (Å²) >= 11 is 0. The first-order valence-corrected chi connectivity index (χ1v) is 6.44. The SMILES string of the molecule is CC1(C)OC[C@@H]([C@H]2OC(=O)C=C2OS(=O)(=O)O)O1. The average Bonchev–Trinajstić information content (AvgIpc) is 2.67. The highest BCUT2D eigenvalue weighted by Gasteiger charge is 2.45. The van der Waals surface area contributed by atoms with Crippen molar-refractivity contribution in [3.8, 4) is 0 Å². The smallest absolute Gasteiger partial charge is 0.446 e. The van der Waals surface area contributed by atoms with E-state index in [-0.39, 0.29) is 12.4 Å². The Morgan fingerprint density at radius 1 is 1.50 bits per heavy atom. The van der Waals surface area contributed by atoms with E-state index in [9.17, 15) is 13.2 Å². The lowest BCUT2D eigenvalue weighted by molar-refractivity contribution is -0.161. The van der Waals surface area contributed by atoms with Gasteiger partial charge in [-0.15, -0.1) is 0 Å². The van der Waals surface area contributed by atoms with Crippen LogP contribution in [0.1, 0.15) is 13.8 Å². The molecule has 1 fully saturated rings. The first kappa shape index (κ1) is 13.3. The van der Waals surface area contributed by atoms with Crippen molar-refractivity contribution in [2.24, 2.45) is 0 Å². The lowest BCUT2D eigenvalue weighted by atomic mass is 10.2. The molecule has 1 N–H and O–H groups in total. The van der Waals surface area contributed by atoms with Crippen LogP contribution < -0.4 is 0 Å². The summed E-state index contributed by atoms with van der Waals surface area (Å²) in [5.41, 5.74) is 0. The van der Waals surface area contributed by atoms with Gasteiger partial charge in [0.2, 0.25) is 0 Å². The van der Waals surface area contributed by atoms with Gasteiger partial charge >= 0.3 is 16.4 Å². The minimum absolute atomic E-state index is 0.108. The van der Waals surface area contributed by atoms with Gasteiger partial charge in [-0.1, -0.05) is 0 Å². The molecule has 18 heavy (non-hydrogen) atoms. The molecule has 0 spiro atoms. The summed E-state index contributed by atoms with van der Waals surface area (Å²) in [5.74, 6) is -1.95. The van der Waals surface area contributed by atoms with Crippen molar-refractivity contribution in [2.75, 3.05) is 6.61 Å². The number of hydrogen-bond acceptors (Lipinski definition) is 7. The predicted molar refractivity (Wildman–Crippen MR) is 55.5 cm³/mol. The van der Waals surface area contributed by atoms with Gasteiger partial charge < -0.3 is 18.4 Å². The van der Waals surface area contributed by atoms with Crippen molar-refractivity contribution in [3.63, 3.8) is 0 Å². The van der Waals surface area contributed by atoms with Gasteiger partial charge in [-0.05, 0) is 13.8 Å². The van der Waals surface area contributed by atoms with Gasteiger partial charge in [0, 0.05) is 0 Å². The van der Waals surface area contributed by atoms with Gasteiger partial charge in [0.1, 0.15) is 6.10 Å². The van der Waals surface area contributed by atoms with Crippen LogP contribution in [-0.4, -0.2) is 43.5 Å². The zero-order chi connectivity index (χ0) is 13.6. The van der Waals surface area contributed by atoms with E-state index in [0.29, 0.717) is 0 Å². The molecule has 8 nitrogen and oxygen atoms in total. The van der Waals surface area contributed by atoms with E-state index >= 15 is 0 Å². The second kappa shape index (κ2) is 4.19. The molecule has 102 valence electrons. The Kier molecular flexibility index (Phi) is 3.09. The first-order chi connectivity index (χ1) is 8.16. The number of esters is 1. The van der Waals surface area contributed by atoms with Crippen LogP contribution in [0, 0.1) is 0 Å². The lowest BCUT2D eigenvalue weighted by Crippen LogP contribution is -2.33. The summed E-state index contributed by atoms with van der Waals surface area (Å²) in [6, 6.07) is 0. The van der Waals surface area contributed by atoms with E-state index in [1.165, 1.54) is 0 Å². The van der Waals surface area contributed by atoms with E-state index in [1.807, 2.05) is 0 Å². The molecule has 0 amide bonds. The molecule has 0 aromatic heterocycles. The van der Waals surface area contributed by atoms with Crippen LogP contribution in [0.4, 0.5) is 0 Å². The van der Waals surface area contributed by atoms with Crippen LogP contribution >= 0.6 is 0 Å². The average molecular weight is 280 g/mol. The molecule has 2 aliphatic heterocycles. The molecule has 9 heteroatoms. The molecule has 0 aromatic rings. The van der Waals surface area contributed by atoms with Crippen molar-refractivity contribution in [1.29, 1.82) is 0 Å². The van der Waals surface area contributed by atoms with Gasteiger partial charge in [-0.25, -0.2) is 4.79 Å². The summed E-state index contributed by atoms with van der Waals surface area (Å²) < 4.78 is 49.7. The number of carbonyl (C=O) groups excluding carboxylic acids is 1. The standard InChI is InChI=1S/C9H12O8S/c1-9(2)14-4-6(16-9)8-5(3-7(10)15-8)17-18(11,12)13/h3,6,8H,4H2,1-2H3,(H,11,12,13)/t6-,8-/m0/s1. The zero-order valence-electron chi connectivity index (χ0n) is 9.65. The van der Waals surface area contributed by atoms with Crippen LogP contribution in [0.5, 0.6) is 0 Å². The Labute approximate surface area is 103 Å². The third kappa shape index (κ3) is 2.99. The molecule has 1 saturated heterocycles. The van der Waals surface area contributed by atoms with Gasteiger partial charge in [-0.2, -0.15) is 8.42 Å². The van der Waals surface area contributed by atoms with Crippen LogP contribution in [0.3, 0.4) is 0 Å². The summed E-state index contributed by atoms with van der Waals surface area (Å²) in [7, 11) is -4.72. The zero-order valence-corrected chi connectivity index (χ0v) is 10.5. The van der Waals surface area contributed by atoms with Crippen LogP contribution in [-0.2, 0) is 33.6 Å². The third-order valence-corrected chi connectivity index (χ3v) is 2.76. The molecule has 0 aromatic carbocycles. The highest BCUT2D eigenvalue weighted by Crippen LogP contribution is 2.31. The summed E-state index contributed by atoms with van der Waals surface area (Å²) in [6.45, 7) is 3.44. The summed E-state index contributed by atoms with van der Waals surface area (Å²) in [5, 5.41) is 0. The quantitative estimate of drug-likeness (QED) is 0.557. The van der Waals surface area contributed by atoms with Crippen molar-refractivity contribution in [2.45, 2.75) is 31.8 Å².